The van der Waals surface area contributed by atoms with Gasteiger partial charge in [-0.15, -0.1) is 0 Å². The highest BCUT2D eigenvalue weighted by Crippen LogP contribution is 2.57. The van der Waals surface area contributed by atoms with Gasteiger partial charge in [0.15, 0.2) is 0 Å². The van der Waals surface area contributed by atoms with Gasteiger partial charge in [0.05, 0.1) is 0 Å². The van der Waals surface area contributed by atoms with E-state index in [4.69, 9.17) is 0 Å². The maximum absolute atomic E-state index is 14.3. The number of hydrogen-bond donors (Lipinski definition) is 0. The summed E-state index contributed by atoms with van der Waals surface area (Å²) in [6.07, 6.45) is -20.1. The van der Waals surface area contributed by atoms with Crippen LogP contribution in [-0.2, 0) is 14.2 Å². The molecule has 3 nitrogen and oxygen atoms in total. The molecule has 33 heavy (non-hydrogen) atoms. The Morgan fingerprint density at radius 1 is 0.636 bits per heavy atom. The predicted octanol–water partition coefficient (Wildman–Crippen LogP) is 5.48. The molecule has 0 amide bonds. The first-order valence-corrected chi connectivity index (χ1v) is 8.19. The SMILES string of the molecule is FC(F)C(F)(F)COC1CC(OCC(F)(F)C(F)F)(OCC(F)(F)C(F)F)C(F)(F)C1(F)F. The van der Waals surface area contributed by atoms with E-state index in [-0.39, 0.29) is 0 Å². The summed E-state index contributed by atoms with van der Waals surface area (Å²) < 4.78 is 219. The zero-order valence-corrected chi connectivity index (χ0v) is 15.4. The van der Waals surface area contributed by atoms with Crippen LogP contribution < -0.4 is 0 Å². The number of halogens is 16. The van der Waals surface area contributed by atoms with E-state index >= 15 is 0 Å². The molecule has 0 heterocycles. The molecule has 0 aromatic carbocycles. The summed E-state index contributed by atoms with van der Waals surface area (Å²) in [6, 6.07) is 0. The Kier molecular flexibility index (Phi) is 8.51. The molecule has 1 aliphatic rings. The van der Waals surface area contributed by atoms with Gasteiger partial charge in [0.1, 0.15) is 25.9 Å². The fourth-order valence-corrected chi connectivity index (χ4v) is 2.29. The van der Waals surface area contributed by atoms with Gasteiger partial charge in [-0.05, 0) is 0 Å². The summed E-state index contributed by atoms with van der Waals surface area (Å²) in [4.78, 5) is 0. The van der Waals surface area contributed by atoms with Crippen LogP contribution in [0, 0.1) is 0 Å². The molecule has 1 aliphatic carbocycles. The highest BCUT2D eigenvalue weighted by molar-refractivity contribution is 5.11. The fourth-order valence-electron chi connectivity index (χ4n) is 2.29. The van der Waals surface area contributed by atoms with E-state index in [0.29, 0.717) is 0 Å². The van der Waals surface area contributed by atoms with Crippen LogP contribution in [0.5, 0.6) is 0 Å². The molecule has 0 N–H and O–H groups in total. The van der Waals surface area contributed by atoms with Gasteiger partial charge in [0.2, 0.25) is 5.79 Å². The summed E-state index contributed by atoms with van der Waals surface area (Å²) in [5.74, 6) is -32.8. The zero-order chi connectivity index (χ0) is 26.3. The molecule has 1 atom stereocenters. The van der Waals surface area contributed by atoms with Crippen LogP contribution in [0.1, 0.15) is 6.42 Å². The third kappa shape index (κ3) is 5.88. The van der Waals surface area contributed by atoms with Crippen molar-refractivity contribution < 1.29 is 84.5 Å². The van der Waals surface area contributed by atoms with E-state index in [1.165, 1.54) is 0 Å². The van der Waals surface area contributed by atoms with Crippen molar-refractivity contribution in [1.82, 2.24) is 0 Å². The zero-order valence-electron chi connectivity index (χ0n) is 15.4. The fraction of sp³-hybridized carbons (Fsp3) is 1.00. The van der Waals surface area contributed by atoms with Crippen LogP contribution in [0.4, 0.5) is 70.2 Å². The molecular weight excluding hydrogens is 520 g/mol. The van der Waals surface area contributed by atoms with Crippen molar-refractivity contribution in [2.45, 2.75) is 67.2 Å². The molecule has 0 saturated heterocycles. The maximum atomic E-state index is 14.3. The van der Waals surface area contributed by atoms with Gasteiger partial charge < -0.3 is 14.2 Å². The van der Waals surface area contributed by atoms with Gasteiger partial charge in [-0.1, -0.05) is 0 Å². The van der Waals surface area contributed by atoms with Gasteiger partial charge in [-0.25, -0.2) is 26.3 Å². The van der Waals surface area contributed by atoms with Crippen molar-refractivity contribution in [3.8, 4) is 0 Å². The Bertz CT molecular complexity index is 628. The second-order valence-electron chi connectivity index (χ2n) is 6.72. The van der Waals surface area contributed by atoms with Crippen LogP contribution in [0.3, 0.4) is 0 Å². The second-order valence-corrected chi connectivity index (χ2v) is 6.72. The average Bonchev–Trinajstić information content (AvgIpc) is 2.80. The quantitative estimate of drug-likeness (QED) is 0.247. The minimum Gasteiger partial charge on any atom is -0.365 e. The molecule has 0 aromatic heterocycles. The van der Waals surface area contributed by atoms with Crippen LogP contribution in [0.25, 0.3) is 0 Å². The molecule has 0 radical (unpaired) electrons. The minimum absolute atomic E-state index is 2.47. The largest absolute Gasteiger partial charge is 0.365 e. The Morgan fingerprint density at radius 2 is 0.970 bits per heavy atom. The van der Waals surface area contributed by atoms with E-state index < -0.39 is 87.0 Å². The minimum atomic E-state index is -6.14. The van der Waals surface area contributed by atoms with Crippen molar-refractivity contribution >= 4 is 0 Å². The van der Waals surface area contributed by atoms with Crippen LogP contribution >= 0.6 is 0 Å². The molecular formula is C14H12F16O3. The summed E-state index contributed by atoms with van der Waals surface area (Å²) in [5.41, 5.74) is 0. The second kappa shape index (κ2) is 9.43. The summed E-state index contributed by atoms with van der Waals surface area (Å²) in [5, 5.41) is 0. The molecule has 1 fully saturated rings. The van der Waals surface area contributed by atoms with Crippen LogP contribution in [0.2, 0.25) is 0 Å². The third-order valence-electron chi connectivity index (χ3n) is 4.19. The molecule has 0 aliphatic heterocycles. The van der Waals surface area contributed by atoms with Gasteiger partial charge in [-0.2, -0.15) is 43.9 Å². The molecule has 19 heteroatoms. The molecule has 198 valence electrons. The molecule has 1 unspecified atom stereocenters. The van der Waals surface area contributed by atoms with Crippen LogP contribution in [0.15, 0.2) is 0 Å². The van der Waals surface area contributed by atoms with E-state index in [0.717, 1.165) is 0 Å². The van der Waals surface area contributed by atoms with Crippen molar-refractivity contribution in [3.63, 3.8) is 0 Å². The number of ether oxygens (including phenoxy) is 3. The number of alkyl halides is 16. The van der Waals surface area contributed by atoms with E-state index in [2.05, 4.69) is 14.2 Å². The lowest BCUT2D eigenvalue weighted by atomic mass is 10.1. The lowest BCUT2D eigenvalue weighted by Gasteiger charge is -2.37. The summed E-state index contributed by atoms with van der Waals surface area (Å²) in [6.45, 7) is -8.52. The average molecular weight is 532 g/mol. The normalized spacial score (nSPS) is 23.2. The van der Waals surface area contributed by atoms with Crippen molar-refractivity contribution in [2.75, 3.05) is 19.8 Å². The van der Waals surface area contributed by atoms with Gasteiger partial charge >= 0.3 is 48.9 Å². The standard InChI is InChI=1S/C14H12F16O3/c15-6(16)9(21,22)2-31-5-1-12(14(29,30)13(5,27)28,32-3-10(23,24)7(17)18)33-4-11(25,26)8(19)20/h5-8H,1-4H2. The lowest BCUT2D eigenvalue weighted by Crippen LogP contribution is -2.58. The summed E-state index contributed by atoms with van der Waals surface area (Å²) in [7, 11) is 0. The molecule has 0 aromatic rings. The van der Waals surface area contributed by atoms with E-state index in [1.54, 1.807) is 0 Å². The number of hydrogen-bond acceptors (Lipinski definition) is 3. The lowest BCUT2D eigenvalue weighted by molar-refractivity contribution is -0.383. The van der Waals surface area contributed by atoms with Gasteiger partial charge in [0.25, 0.3) is 0 Å². The number of rotatable bonds is 12. The smallest absolute Gasteiger partial charge is 0.365 e. The first-order valence-electron chi connectivity index (χ1n) is 8.19. The molecule has 1 rings (SSSR count). The summed E-state index contributed by atoms with van der Waals surface area (Å²) >= 11 is 0. The topological polar surface area (TPSA) is 27.7 Å². The maximum Gasteiger partial charge on any atom is 0.365 e. The Labute approximate surface area is 172 Å². The van der Waals surface area contributed by atoms with Crippen LogP contribution in [-0.4, -0.2) is 80.6 Å². The molecule has 0 bridgehead atoms. The van der Waals surface area contributed by atoms with Crippen molar-refractivity contribution in [2.24, 2.45) is 0 Å². The van der Waals surface area contributed by atoms with Crippen molar-refractivity contribution in [3.05, 3.63) is 0 Å². The highest BCUT2D eigenvalue weighted by Gasteiger charge is 2.81. The van der Waals surface area contributed by atoms with E-state index in [1.807, 2.05) is 0 Å². The highest BCUT2D eigenvalue weighted by atomic mass is 19.3. The van der Waals surface area contributed by atoms with Gasteiger partial charge in [0, 0.05) is 6.42 Å². The predicted molar refractivity (Wildman–Crippen MR) is 71.7 cm³/mol. The first kappa shape index (κ1) is 29.8. The first-order chi connectivity index (χ1) is 14.6. The Balaban J connectivity index is 3.34. The van der Waals surface area contributed by atoms with Gasteiger partial charge in [-0.3, -0.25) is 0 Å². The van der Waals surface area contributed by atoms with Crippen molar-refractivity contribution in [1.29, 1.82) is 0 Å². The third-order valence-corrected chi connectivity index (χ3v) is 4.19. The molecule has 1 saturated carbocycles. The monoisotopic (exact) mass is 532 g/mol. The Hall–Kier alpha value is -1.24. The molecule has 0 spiro atoms. The van der Waals surface area contributed by atoms with E-state index in [9.17, 15) is 70.2 Å². The Morgan fingerprint density at radius 3 is 1.30 bits per heavy atom.